The van der Waals surface area contributed by atoms with Gasteiger partial charge in [0.1, 0.15) is 6.04 Å². The fourth-order valence-corrected chi connectivity index (χ4v) is 1.89. The molecular formula is C11H22ClN3O3. The zero-order valence-corrected chi connectivity index (χ0v) is 11.8. The van der Waals surface area contributed by atoms with Crippen LogP contribution in [-0.2, 0) is 14.3 Å². The highest BCUT2D eigenvalue weighted by atomic mass is 35.5. The summed E-state index contributed by atoms with van der Waals surface area (Å²) in [5.41, 5.74) is 5.60. The lowest BCUT2D eigenvalue weighted by Gasteiger charge is -2.21. The maximum Gasteiger partial charge on any atom is 0.239 e. The predicted molar refractivity (Wildman–Crippen MR) is 70.5 cm³/mol. The summed E-state index contributed by atoms with van der Waals surface area (Å²) < 4.78 is 4.81. The zero-order chi connectivity index (χ0) is 13.0. The van der Waals surface area contributed by atoms with Crippen molar-refractivity contribution in [2.24, 2.45) is 5.73 Å². The Morgan fingerprint density at radius 3 is 2.67 bits per heavy atom. The molecule has 2 unspecified atom stereocenters. The molecule has 0 aliphatic carbocycles. The lowest BCUT2D eigenvalue weighted by Crippen LogP contribution is -2.48. The topological polar surface area (TPSA) is 84.7 Å². The quantitative estimate of drug-likeness (QED) is 0.711. The van der Waals surface area contributed by atoms with E-state index in [4.69, 9.17) is 10.5 Å². The van der Waals surface area contributed by atoms with Crippen molar-refractivity contribution >= 4 is 24.2 Å². The molecule has 1 saturated heterocycles. The average Bonchev–Trinajstić information content (AvgIpc) is 2.59. The number of nitrogens with two attached hydrogens (primary N) is 1. The number of likely N-dealkylation sites (tertiary alicyclic amines) is 1. The second kappa shape index (κ2) is 7.56. The summed E-state index contributed by atoms with van der Waals surface area (Å²) in [7, 11) is 1.49. The zero-order valence-electron chi connectivity index (χ0n) is 11.0. The highest BCUT2D eigenvalue weighted by Gasteiger charge is 2.32. The number of rotatable bonds is 5. The second-order valence-electron chi connectivity index (χ2n) is 4.61. The van der Waals surface area contributed by atoms with Crippen LogP contribution in [0.2, 0.25) is 0 Å². The first-order valence-electron chi connectivity index (χ1n) is 5.80. The molecule has 0 radical (unpaired) electrons. The van der Waals surface area contributed by atoms with Crippen LogP contribution in [0, 0.1) is 0 Å². The molecule has 18 heavy (non-hydrogen) atoms. The van der Waals surface area contributed by atoms with E-state index < -0.39 is 6.04 Å². The van der Waals surface area contributed by atoms with E-state index in [9.17, 15) is 9.59 Å². The molecule has 0 saturated carbocycles. The van der Waals surface area contributed by atoms with Gasteiger partial charge in [0.25, 0.3) is 0 Å². The number of methoxy groups -OCH3 is 1. The van der Waals surface area contributed by atoms with Crippen LogP contribution in [0.1, 0.15) is 20.3 Å². The molecule has 0 spiro atoms. The molecule has 0 aromatic heterocycles. The minimum absolute atomic E-state index is 0. The van der Waals surface area contributed by atoms with Crippen LogP contribution >= 0.6 is 12.4 Å². The molecule has 1 aliphatic heterocycles. The first-order valence-corrected chi connectivity index (χ1v) is 5.80. The fourth-order valence-electron chi connectivity index (χ4n) is 1.89. The number of halogens is 1. The number of ether oxygens (including phenoxy) is 1. The summed E-state index contributed by atoms with van der Waals surface area (Å²) in [5, 5.41) is 2.77. The Hall–Kier alpha value is -0.850. The molecule has 2 amide bonds. The normalized spacial score (nSPS) is 20.8. The molecule has 1 aliphatic rings. The van der Waals surface area contributed by atoms with Crippen molar-refractivity contribution in [2.75, 3.05) is 20.3 Å². The van der Waals surface area contributed by atoms with Gasteiger partial charge in [-0.15, -0.1) is 12.4 Å². The Morgan fingerprint density at radius 2 is 2.22 bits per heavy atom. The first-order chi connectivity index (χ1) is 7.95. The molecule has 6 nitrogen and oxygen atoms in total. The van der Waals surface area contributed by atoms with Gasteiger partial charge in [-0.25, -0.2) is 0 Å². The fraction of sp³-hybridized carbons (Fsp3) is 0.818. The Kier molecular flexibility index (Phi) is 7.20. The standard InChI is InChI=1S/C11H21N3O3.ClH/c1-7(2)14-5-8(4-10(14)15)13-11(16)9(12)6-17-3;/h7-9H,4-6,12H2,1-3H3,(H,13,16);1H. The second-order valence-corrected chi connectivity index (χ2v) is 4.61. The van der Waals surface area contributed by atoms with Crippen molar-refractivity contribution in [2.45, 2.75) is 38.4 Å². The molecule has 7 heteroatoms. The monoisotopic (exact) mass is 279 g/mol. The molecule has 3 N–H and O–H groups in total. The number of amides is 2. The molecular weight excluding hydrogens is 258 g/mol. The van der Waals surface area contributed by atoms with Gasteiger partial charge < -0.3 is 20.7 Å². The predicted octanol–water partition coefficient (Wildman–Crippen LogP) is -0.493. The Labute approximate surface area is 114 Å². The van der Waals surface area contributed by atoms with Gasteiger partial charge in [-0.2, -0.15) is 0 Å². The van der Waals surface area contributed by atoms with Gasteiger partial charge in [-0.1, -0.05) is 0 Å². The molecule has 2 atom stereocenters. The molecule has 106 valence electrons. The van der Waals surface area contributed by atoms with E-state index in [2.05, 4.69) is 5.32 Å². The van der Waals surface area contributed by atoms with E-state index >= 15 is 0 Å². The maximum atomic E-state index is 11.6. The van der Waals surface area contributed by atoms with Crippen molar-refractivity contribution in [1.29, 1.82) is 0 Å². The minimum Gasteiger partial charge on any atom is -0.383 e. The summed E-state index contributed by atoms with van der Waals surface area (Å²) in [6, 6.07) is -0.652. The number of hydrogen-bond donors (Lipinski definition) is 2. The third-order valence-corrected chi connectivity index (χ3v) is 2.81. The maximum absolute atomic E-state index is 11.6. The van der Waals surface area contributed by atoms with E-state index in [1.165, 1.54) is 7.11 Å². The van der Waals surface area contributed by atoms with Gasteiger partial charge >= 0.3 is 0 Å². The number of hydrogen-bond acceptors (Lipinski definition) is 4. The Morgan fingerprint density at radius 1 is 1.61 bits per heavy atom. The Balaban J connectivity index is 0.00000289. The molecule has 1 rings (SSSR count). The minimum atomic E-state index is -0.678. The summed E-state index contributed by atoms with van der Waals surface area (Å²) in [6.45, 7) is 4.65. The largest absolute Gasteiger partial charge is 0.383 e. The van der Waals surface area contributed by atoms with Crippen molar-refractivity contribution < 1.29 is 14.3 Å². The third-order valence-electron chi connectivity index (χ3n) is 2.81. The van der Waals surface area contributed by atoms with Gasteiger partial charge in [0.15, 0.2) is 0 Å². The number of nitrogens with zero attached hydrogens (tertiary/aromatic N) is 1. The smallest absolute Gasteiger partial charge is 0.239 e. The van der Waals surface area contributed by atoms with Gasteiger partial charge in [-0.3, -0.25) is 9.59 Å². The summed E-state index contributed by atoms with van der Waals surface area (Å²) in [4.78, 5) is 25.0. The lowest BCUT2D eigenvalue weighted by atomic mass is 10.2. The first kappa shape index (κ1) is 17.2. The SMILES string of the molecule is COCC(N)C(=O)NC1CC(=O)N(C(C)C)C1.Cl. The third kappa shape index (κ3) is 4.44. The summed E-state index contributed by atoms with van der Waals surface area (Å²) >= 11 is 0. The molecule has 0 aromatic carbocycles. The van der Waals surface area contributed by atoms with Gasteiger partial charge in [0, 0.05) is 26.1 Å². The molecule has 0 aromatic rings. The highest BCUT2D eigenvalue weighted by molar-refractivity contribution is 5.85. The summed E-state index contributed by atoms with van der Waals surface area (Å²) in [5.74, 6) is -0.194. The molecule has 1 fully saturated rings. The van der Waals surface area contributed by atoms with Gasteiger partial charge in [0.2, 0.25) is 11.8 Å². The number of carbonyl (C=O) groups is 2. The van der Waals surface area contributed by atoms with Crippen LogP contribution in [0.5, 0.6) is 0 Å². The van der Waals surface area contributed by atoms with Crippen molar-refractivity contribution in [3.05, 3.63) is 0 Å². The van der Waals surface area contributed by atoms with Gasteiger partial charge in [0.05, 0.1) is 12.6 Å². The summed E-state index contributed by atoms with van der Waals surface area (Å²) in [6.07, 6.45) is 0.351. The van der Waals surface area contributed by atoms with E-state index in [0.717, 1.165) is 0 Å². The van der Waals surface area contributed by atoms with Crippen LogP contribution in [0.15, 0.2) is 0 Å². The van der Waals surface area contributed by atoms with Crippen molar-refractivity contribution in [3.63, 3.8) is 0 Å². The number of nitrogens with one attached hydrogen (secondary N) is 1. The van der Waals surface area contributed by atoms with E-state index in [-0.39, 0.29) is 42.9 Å². The molecule has 0 bridgehead atoms. The lowest BCUT2D eigenvalue weighted by molar-refractivity contribution is -0.129. The van der Waals surface area contributed by atoms with E-state index in [1.807, 2.05) is 13.8 Å². The van der Waals surface area contributed by atoms with Gasteiger partial charge in [-0.05, 0) is 13.8 Å². The number of carbonyl (C=O) groups excluding carboxylic acids is 2. The van der Waals surface area contributed by atoms with Crippen LogP contribution in [0.3, 0.4) is 0 Å². The average molecular weight is 280 g/mol. The van der Waals surface area contributed by atoms with Crippen molar-refractivity contribution in [1.82, 2.24) is 10.2 Å². The van der Waals surface area contributed by atoms with Crippen LogP contribution in [0.4, 0.5) is 0 Å². The van der Waals surface area contributed by atoms with E-state index in [0.29, 0.717) is 13.0 Å². The highest BCUT2D eigenvalue weighted by Crippen LogP contribution is 2.14. The Bertz CT molecular complexity index is 299. The molecule has 1 heterocycles. The van der Waals surface area contributed by atoms with Crippen LogP contribution in [0.25, 0.3) is 0 Å². The van der Waals surface area contributed by atoms with Crippen LogP contribution in [-0.4, -0.2) is 55.1 Å². The van der Waals surface area contributed by atoms with E-state index in [1.54, 1.807) is 4.90 Å². The van der Waals surface area contributed by atoms with Crippen molar-refractivity contribution in [3.8, 4) is 0 Å². The van der Waals surface area contributed by atoms with Crippen LogP contribution < -0.4 is 11.1 Å².